The molecule has 0 aliphatic carbocycles. The van der Waals surface area contributed by atoms with Gasteiger partial charge in [-0.05, 0) is 13.3 Å². The minimum atomic E-state index is 0.163. The topological polar surface area (TPSA) is 40.5 Å². The zero-order chi connectivity index (χ0) is 8.24. The lowest BCUT2D eigenvalue weighted by Crippen LogP contribution is -1.71. The Labute approximate surface area is 62.5 Å². The van der Waals surface area contributed by atoms with Crippen LogP contribution in [0.5, 0.6) is 0 Å². The van der Waals surface area contributed by atoms with Gasteiger partial charge < -0.3 is 10.2 Å². The molecule has 2 heteroatoms. The zero-order valence-corrected chi connectivity index (χ0v) is 6.45. The van der Waals surface area contributed by atoms with Gasteiger partial charge in [-0.25, -0.2) is 0 Å². The SMILES string of the molecule is C/C=C/CO.C=CCCO. The lowest BCUT2D eigenvalue weighted by molar-refractivity contribution is 0.303. The first-order valence-corrected chi connectivity index (χ1v) is 3.27. The van der Waals surface area contributed by atoms with Crippen LogP contribution in [0, 0.1) is 0 Å². The molecule has 0 heterocycles. The minimum Gasteiger partial charge on any atom is -0.396 e. The molecule has 0 aromatic rings. The molecule has 0 saturated heterocycles. The molecule has 0 fully saturated rings. The molecule has 0 aromatic carbocycles. The van der Waals surface area contributed by atoms with Crippen molar-refractivity contribution in [1.29, 1.82) is 0 Å². The van der Waals surface area contributed by atoms with Gasteiger partial charge in [-0.15, -0.1) is 6.58 Å². The van der Waals surface area contributed by atoms with E-state index in [-0.39, 0.29) is 13.2 Å². The van der Waals surface area contributed by atoms with Crippen LogP contribution < -0.4 is 0 Å². The predicted molar refractivity (Wildman–Crippen MR) is 43.8 cm³/mol. The first-order chi connectivity index (χ1) is 4.83. The molecule has 0 saturated carbocycles. The first-order valence-electron chi connectivity index (χ1n) is 3.27. The van der Waals surface area contributed by atoms with Crippen LogP contribution in [0.1, 0.15) is 13.3 Å². The van der Waals surface area contributed by atoms with Crippen LogP contribution in [0.15, 0.2) is 24.8 Å². The van der Waals surface area contributed by atoms with E-state index in [4.69, 9.17) is 10.2 Å². The van der Waals surface area contributed by atoms with Crippen LogP contribution in [0.4, 0.5) is 0 Å². The summed E-state index contributed by atoms with van der Waals surface area (Å²) in [5, 5.41) is 16.0. The third-order valence-electron chi connectivity index (χ3n) is 0.674. The van der Waals surface area contributed by atoms with Crippen molar-refractivity contribution in [2.24, 2.45) is 0 Å². The number of hydrogen-bond donors (Lipinski definition) is 2. The highest BCUT2D eigenvalue weighted by Crippen LogP contribution is 1.69. The molecule has 0 bridgehead atoms. The molecule has 10 heavy (non-hydrogen) atoms. The molecule has 0 aromatic heterocycles. The van der Waals surface area contributed by atoms with Gasteiger partial charge in [0.05, 0.1) is 6.61 Å². The molecular formula is C8H16O2. The number of rotatable bonds is 3. The summed E-state index contributed by atoms with van der Waals surface area (Å²) in [7, 11) is 0. The van der Waals surface area contributed by atoms with Crippen LogP contribution in [0.2, 0.25) is 0 Å². The summed E-state index contributed by atoms with van der Waals surface area (Å²) in [6, 6.07) is 0. The van der Waals surface area contributed by atoms with E-state index in [9.17, 15) is 0 Å². The maximum Gasteiger partial charge on any atom is 0.0612 e. The lowest BCUT2D eigenvalue weighted by atomic mass is 10.5. The third kappa shape index (κ3) is 26.2. The van der Waals surface area contributed by atoms with E-state index in [1.54, 1.807) is 18.2 Å². The Bertz CT molecular complexity index is 77.3. The van der Waals surface area contributed by atoms with Crippen molar-refractivity contribution in [3.63, 3.8) is 0 Å². The van der Waals surface area contributed by atoms with Crippen molar-refractivity contribution in [3.8, 4) is 0 Å². The Hall–Kier alpha value is -0.600. The van der Waals surface area contributed by atoms with Gasteiger partial charge in [0.25, 0.3) is 0 Å². The number of allylic oxidation sites excluding steroid dienone is 1. The third-order valence-corrected chi connectivity index (χ3v) is 0.674. The quantitative estimate of drug-likeness (QED) is 0.582. The van der Waals surface area contributed by atoms with Gasteiger partial charge in [0.15, 0.2) is 0 Å². The number of aliphatic hydroxyl groups is 2. The molecule has 2 N–H and O–H groups in total. The molecule has 0 amide bonds. The molecule has 0 unspecified atom stereocenters. The Morgan fingerprint density at radius 2 is 2.00 bits per heavy atom. The summed E-state index contributed by atoms with van der Waals surface area (Å²) in [5.41, 5.74) is 0. The van der Waals surface area contributed by atoms with Crippen LogP contribution in [0.25, 0.3) is 0 Å². The van der Waals surface area contributed by atoms with Gasteiger partial charge in [-0.1, -0.05) is 18.2 Å². The molecule has 0 atom stereocenters. The van der Waals surface area contributed by atoms with Crippen LogP contribution in [-0.2, 0) is 0 Å². The fourth-order valence-electron chi connectivity index (χ4n) is 0.197. The Balaban J connectivity index is 0. The van der Waals surface area contributed by atoms with E-state index >= 15 is 0 Å². The van der Waals surface area contributed by atoms with Crippen molar-refractivity contribution in [3.05, 3.63) is 24.8 Å². The summed E-state index contributed by atoms with van der Waals surface area (Å²) in [6.07, 6.45) is 5.88. The largest absolute Gasteiger partial charge is 0.396 e. The highest BCUT2D eigenvalue weighted by atomic mass is 16.3. The van der Waals surface area contributed by atoms with Gasteiger partial charge >= 0.3 is 0 Å². The van der Waals surface area contributed by atoms with Crippen LogP contribution in [0.3, 0.4) is 0 Å². The molecule has 60 valence electrons. The monoisotopic (exact) mass is 144 g/mol. The standard InChI is InChI=1S/2C4H8O/c2*1-2-3-4-5/h2-3,5H,4H2,1H3;2,5H,1,3-4H2/b3-2+;. The van der Waals surface area contributed by atoms with Crippen molar-refractivity contribution in [1.82, 2.24) is 0 Å². The molecule has 2 nitrogen and oxygen atoms in total. The predicted octanol–water partition coefficient (Wildman–Crippen LogP) is 1.11. The van der Waals surface area contributed by atoms with Gasteiger partial charge in [0.2, 0.25) is 0 Å². The van der Waals surface area contributed by atoms with Crippen LogP contribution >= 0.6 is 0 Å². The summed E-state index contributed by atoms with van der Waals surface area (Å²) in [5.74, 6) is 0. The summed E-state index contributed by atoms with van der Waals surface area (Å²) >= 11 is 0. The van der Waals surface area contributed by atoms with Gasteiger partial charge in [0.1, 0.15) is 0 Å². The summed E-state index contributed by atoms with van der Waals surface area (Å²) in [6.45, 7) is 5.65. The molecular weight excluding hydrogens is 128 g/mol. The van der Waals surface area contributed by atoms with Crippen LogP contribution in [-0.4, -0.2) is 23.4 Å². The first kappa shape index (κ1) is 12.1. The van der Waals surface area contributed by atoms with Crippen molar-refractivity contribution >= 4 is 0 Å². The van der Waals surface area contributed by atoms with Gasteiger partial charge in [-0.3, -0.25) is 0 Å². The van der Waals surface area contributed by atoms with Crippen molar-refractivity contribution in [2.75, 3.05) is 13.2 Å². The molecule has 0 radical (unpaired) electrons. The second-order valence-corrected chi connectivity index (χ2v) is 1.55. The Morgan fingerprint density at radius 3 is 2.00 bits per heavy atom. The van der Waals surface area contributed by atoms with E-state index in [0.29, 0.717) is 6.42 Å². The maximum absolute atomic E-state index is 8.00. The zero-order valence-electron chi connectivity index (χ0n) is 6.45. The fourth-order valence-corrected chi connectivity index (χ4v) is 0.197. The average Bonchev–Trinajstić information content (AvgIpc) is 1.93. The van der Waals surface area contributed by atoms with Gasteiger partial charge in [0, 0.05) is 6.61 Å². The average molecular weight is 144 g/mol. The Kier molecular flexibility index (Phi) is 19.1. The van der Waals surface area contributed by atoms with Crippen molar-refractivity contribution < 1.29 is 10.2 Å². The fraction of sp³-hybridized carbons (Fsp3) is 0.500. The minimum absolute atomic E-state index is 0.163. The Morgan fingerprint density at radius 1 is 1.40 bits per heavy atom. The second kappa shape index (κ2) is 15.8. The van der Waals surface area contributed by atoms with E-state index in [0.717, 1.165) is 0 Å². The number of aliphatic hydroxyl groups excluding tert-OH is 2. The normalized spacial score (nSPS) is 8.70. The summed E-state index contributed by atoms with van der Waals surface area (Å²) < 4.78 is 0. The van der Waals surface area contributed by atoms with E-state index in [1.807, 2.05) is 6.92 Å². The number of hydrogen-bond acceptors (Lipinski definition) is 2. The van der Waals surface area contributed by atoms with E-state index in [1.165, 1.54) is 0 Å². The molecule has 0 rings (SSSR count). The second-order valence-electron chi connectivity index (χ2n) is 1.55. The smallest absolute Gasteiger partial charge is 0.0612 e. The highest BCUT2D eigenvalue weighted by molar-refractivity contribution is 4.74. The molecule has 0 aliphatic rings. The highest BCUT2D eigenvalue weighted by Gasteiger charge is 1.62. The lowest BCUT2D eigenvalue weighted by Gasteiger charge is -1.73. The summed E-state index contributed by atoms with van der Waals surface area (Å²) in [4.78, 5) is 0. The maximum atomic E-state index is 8.00. The van der Waals surface area contributed by atoms with E-state index in [2.05, 4.69) is 6.58 Å². The molecule has 0 aliphatic heterocycles. The van der Waals surface area contributed by atoms with Gasteiger partial charge in [-0.2, -0.15) is 0 Å². The van der Waals surface area contributed by atoms with Crippen molar-refractivity contribution in [2.45, 2.75) is 13.3 Å². The molecule has 0 spiro atoms. The van der Waals surface area contributed by atoms with E-state index < -0.39 is 0 Å².